The van der Waals surface area contributed by atoms with Crippen LogP contribution < -0.4 is 4.90 Å². The number of hydrogen-bond donors (Lipinski definition) is 2. The molecule has 1 unspecified atom stereocenters. The number of phenolic OH excluding ortho intramolecular Hbond substituents is 1. The Morgan fingerprint density at radius 2 is 1.92 bits per heavy atom. The number of rotatable bonds is 3. The van der Waals surface area contributed by atoms with Gasteiger partial charge in [0.1, 0.15) is 17.9 Å². The highest BCUT2D eigenvalue weighted by Gasteiger charge is 2.27. The molecule has 0 bridgehead atoms. The number of carbonyl (C=O) groups is 1. The maximum absolute atomic E-state index is 11.4. The molecule has 6 nitrogen and oxygen atoms in total. The van der Waals surface area contributed by atoms with Crippen molar-refractivity contribution in [3.63, 3.8) is 0 Å². The molecule has 0 saturated carbocycles. The molecule has 2 N–H and O–H groups in total. The Balaban J connectivity index is 1.85. The van der Waals surface area contributed by atoms with Gasteiger partial charge in [0.05, 0.1) is 16.8 Å². The summed E-state index contributed by atoms with van der Waals surface area (Å²) >= 11 is 0. The van der Waals surface area contributed by atoms with Crippen molar-refractivity contribution in [3.8, 4) is 16.9 Å². The van der Waals surface area contributed by atoms with Crippen molar-refractivity contribution in [1.29, 1.82) is 0 Å². The van der Waals surface area contributed by atoms with Gasteiger partial charge in [-0.25, -0.2) is 9.97 Å². The van der Waals surface area contributed by atoms with Crippen molar-refractivity contribution in [3.05, 3.63) is 48.8 Å². The van der Waals surface area contributed by atoms with Gasteiger partial charge < -0.3 is 15.1 Å². The van der Waals surface area contributed by atoms with E-state index >= 15 is 0 Å². The highest BCUT2D eigenvalue weighted by atomic mass is 16.4. The van der Waals surface area contributed by atoms with Gasteiger partial charge in [0.25, 0.3) is 0 Å². The van der Waals surface area contributed by atoms with E-state index in [0.29, 0.717) is 13.0 Å². The number of carboxylic acid groups (broad SMARTS) is 1. The van der Waals surface area contributed by atoms with E-state index in [1.54, 1.807) is 12.1 Å². The van der Waals surface area contributed by atoms with Crippen molar-refractivity contribution in [2.75, 3.05) is 18.0 Å². The number of benzene rings is 2. The topological polar surface area (TPSA) is 86.5 Å². The summed E-state index contributed by atoms with van der Waals surface area (Å²) in [7, 11) is 0. The predicted molar refractivity (Wildman–Crippen MR) is 99.2 cm³/mol. The monoisotopic (exact) mass is 349 g/mol. The lowest BCUT2D eigenvalue weighted by atomic mass is 9.96. The number of nitrogens with zero attached hydrogens (tertiary/aromatic N) is 3. The molecule has 1 aliphatic rings. The number of fused-ring (bicyclic) bond motifs is 1. The van der Waals surface area contributed by atoms with Crippen molar-refractivity contribution < 1.29 is 15.0 Å². The molecule has 0 aliphatic carbocycles. The fraction of sp³-hybridized carbons (Fsp3) is 0.250. The number of aromatic hydroxyl groups is 1. The van der Waals surface area contributed by atoms with Crippen molar-refractivity contribution in [2.45, 2.75) is 12.8 Å². The second-order valence-corrected chi connectivity index (χ2v) is 6.57. The Morgan fingerprint density at radius 1 is 1.12 bits per heavy atom. The molecule has 4 rings (SSSR count). The highest BCUT2D eigenvalue weighted by molar-refractivity contribution is 6.02. The summed E-state index contributed by atoms with van der Waals surface area (Å²) in [4.78, 5) is 22.4. The van der Waals surface area contributed by atoms with Crippen molar-refractivity contribution >= 4 is 22.7 Å². The molecular weight excluding hydrogens is 330 g/mol. The van der Waals surface area contributed by atoms with Gasteiger partial charge in [-0.1, -0.05) is 24.3 Å². The van der Waals surface area contributed by atoms with E-state index in [-0.39, 0.29) is 11.7 Å². The van der Waals surface area contributed by atoms with Crippen LogP contribution in [0.15, 0.2) is 48.8 Å². The summed E-state index contributed by atoms with van der Waals surface area (Å²) in [6, 6.07) is 12.9. The van der Waals surface area contributed by atoms with Crippen LogP contribution in [0.4, 0.5) is 5.82 Å². The number of piperidine rings is 1. The predicted octanol–water partition coefficient (Wildman–Crippen LogP) is 3.30. The van der Waals surface area contributed by atoms with Gasteiger partial charge in [0.2, 0.25) is 0 Å². The van der Waals surface area contributed by atoms with Crippen LogP contribution in [0.5, 0.6) is 5.75 Å². The number of phenols is 1. The van der Waals surface area contributed by atoms with Gasteiger partial charge in [0, 0.05) is 13.1 Å². The Labute approximate surface area is 150 Å². The molecule has 2 aromatic carbocycles. The van der Waals surface area contributed by atoms with Crippen molar-refractivity contribution in [1.82, 2.24) is 9.97 Å². The Morgan fingerprint density at radius 3 is 2.69 bits per heavy atom. The molecule has 2 heterocycles. The standard InChI is InChI=1S/C20H19N3O3/c24-15-8-6-13(7-9-15)16-4-1-5-17-18(16)19(22-12-21-17)23-10-2-3-14(11-23)20(25)26/h1,4-9,12,14,24H,2-3,10-11H2,(H,25,26). The lowest BCUT2D eigenvalue weighted by Crippen LogP contribution is -2.39. The second-order valence-electron chi connectivity index (χ2n) is 6.57. The molecule has 0 amide bonds. The van der Waals surface area contributed by atoms with E-state index in [4.69, 9.17) is 0 Å². The first-order valence-corrected chi connectivity index (χ1v) is 8.64. The van der Waals surface area contributed by atoms with E-state index in [0.717, 1.165) is 40.8 Å². The van der Waals surface area contributed by atoms with Gasteiger partial charge >= 0.3 is 5.97 Å². The van der Waals surface area contributed by atoms with E-state index < -0.39 is 5.97 Å². The van der Waals surface area contributed by atoms with Gasteiger partial charge in [-0.2, -0.15) is 0 Å². The molecule has 132 valence electrons. The number of anilines is 1. The first kappa shape index (κ1) is 16.3. The molecule has 1 aliphatic heterocycles. The maximum Gasteiger partial charge on any atom is 0.308 e. The van der Waals surface area contributed by atoms with Crippen LogP contribution in [0.2, 0.25) is 0 Å². The molecule has 26 heavy (non-hydrogen) atoms. The van der Waals surface area contributed by atoms with Gasteiger partial charge in [-0.15, -0.1) is 0 Å². The minimum absolute atomic E-state index is 0.214. The molecule has 1 aromatic heterocycles. The number of aromatic nitrogens is 2. The highest BCUT2D eigenvalue weighted by Crippen LogP contribution is 2.35. The minimum Gasteiger partial charge on any atom is -0.508 e. The average Bonchev–Trinajstić information content (AvgIpc) is 2.68. The van der Waals surface area contributed by atoms with E-state index in [9.17, 15) is 15.0 Å². The molecule has 1 saturated heterocycles. The van der Waals surface area contributed by atoms with Crippen LogP contribution in [0.3, 0.4) is 0 Å². The van der Waals surface area contributed by atoms with Crippen LogP contribution in [0, 0.1) is 5.92 Å². The lowest BCUT2D eigenvalue weighted by Gasteiger charge is -2.32. The summed E-state index contributed by atoms with van der Waals surface area (Å²) in [5.74, 6) is -0.156. The lowest BCUT2D eigenvalue weighted by molar-refractivity contribution is -0.141. The van der Waals surface area contributed by atoms with Crippen LogP contribution in [0.25, 0.3) is 22.0 Å². The maximum atomic E-state index is 11.4. The zero-order valence-corrected chi connectivity index (χ0v) is 14.2. The third-order valence-corrected chi connectivity index (χ3v) is 4.89. The van der Waals surface area contributed by atoms with Crippen LogP contribution in [-0.4, -0.2) is 39.2 Å². The normalized spacial score (nSPS) is 17.4. The molecule has 0 radical (unpaired) electrons. The minimum atomic E-state index is -0.758. The van der Waals surface area contributed by atoms with Crippen LogP contribution in [-0.2, 0) is 4.79 Å². The summed E-state index contributed by atoms with van der Waals surface area (Å²) < 4.78 is 0. The average molecular weight is 349 g/mol. The Bertz CT molecular complexity index is 951. The first-order chi connectivity index (χ1) is 12.6. The summed E-state index contributed by atoms with van der Waals surface area (Å²) in [6.07, 6.45) is 3.05. The molecule has 0 spiro atoms. The SMILES string of the molecule is O=C(O)C1CCCN(c2ncnc3cccc(-c4ccc(O)cc4)c23)C1. The fourth-order valence-electron chi connectivity index (χ4n) is 3.59. The Kier molecular flexibility index (Phi) is 4.16. The summed E-state index contributed by atoms with van der Waals surface area (Å²) in [5.41, 5.74) is 2.74. The molecule has 6 heteroatoms. The number of aliphatic carboxylic acids is 1. The summed E-state index contributed by atoms with van der Waals surface area (Å²) in [6.45, 7) is 1.23. The van der Waals surface area contributed by atoms with Crippen molar-refractivity contribution in [2.24, 2.45) is 5.92 Å². The number of hydrogen-bond acceptors (Lipinski definition) is 5. The van der Waals surface area contributed by atoms with Crippen LogP contribution in [0.1, 0.15) is 12.8 Å². The molecule has 1 atom stereocenters. The van der Waals surface area contributed by atoms with E-state index in [1.165, 1.54) is 6.33 Å². The van der Waals surface area contributed by atoms with E-state index in [2.05, 4.69) is 14.9 Å². The molecule has 3 aromatic rings. The van der Waals surface area contributed by atoms with E-state index in [1.807, 2.05) is 30.3 Å². The van der Waals surface area contributed by atoms with Gasteiger partial charge in [-0.3, -0.25) is 4.79 Å². The Hall–Kier alpha value is -3.15. The quantitative estimate of drug-likeness (QED) is 0.754. The zero-order valence-electron chi connectivity index (χ0n) is 14.2. The first-order valence-electron chi connectivity index (χ1n) is 8.64. The third-order valence-electron chi connectivity index (χ3n) is 4.89. The smallest absolute Gasteiger partial charge is 0.308 e. The second kappa shape index (κ2) is 6.63. The van der Waals surface area contributed by atoms with Gasteiger partial charge in [-0.05, 0) is 42.2 Å². The summed E-state index contributed by atoms with van der Waals surface area (Å²) in [5, 5.41) is 19.9. The largest absolute Gasteiger partial charge is 0.508 e. The van der Waals surface area contributed by atoms with Gasteiger partial charge in [0.15, 0.2) is 0 Å². The number of carboxylic acids is 1. The third kappa shape index (κ3) is 2.94. The zero-order chi connectivity index (χ0) is 18.1. The fourth-order valence-corrected chi connectivity index (χ4v) is 3.59. The molecule has 1 fully saturated rings. The molecular formula is C20H19N3O3. The van der Waals surface area contributed by atoms with Crippen LogP contribution >= 0.6 is 0 Å².